The normalized spacial score (nSPS) is 11.8. The van der Waals surface area contributed by atoms with Crippen LogP contribution in [0.5, 0.6) is 5.75 Å². The quantitative estimate of drug-likeness (QED) is 0.866. The van der Waals surface area contributed by atoms with Gasteiger partial charge in [-0.05, 0) is 30.0 Å². The van der Waals surface area contributed by atoms with Crippen molar-refractivity contribution < 1.29 is 14.2 Å². The van der Waals surface area contributed by atoms with Gasteiger partial charge in [-0.1, -0.05) is 33.8 Å². The summed E-state index contributed by atoms with van der Waals surface area (Å²) in [5.41, 5.74) is 0.599. The Morgan fingerprint density at radius 1 is 1.29 bits per heavy atom. The number of hydrogen-bond donors (Lipinski definition) is 1. The van der Waals surface area contributed by atoms with Gasteiger partial charge in [0.2, 0.25) is 0 Å². The van der Waals surface area contributed by atoms with Crippen LogP contribution >= 0.6 is 0 Å². The topological polar surface area (TPSA) is 29.5 Å². The second-order valence-electron chi connectivity index (χ2n) is 4.04. The Hall–Kier alpha value is -1.09. The third-order valence-electron chi connectivity index (χ3n) is 2.26. The number of methoxy groups -OCH3 is 1. The van der Waals surface area contributed by atoms with Crippen molar-refractivity contribution >= 4 is 0 Å². The molecule has 17 heavy (non-hydrogen) atoms. The molecule has 0 aliphatic rings. The average Bonchev–Trinajstić information content (AvgIpc) is 2.30. The van der Waals surface area contributed by atoms with E-state index in [0.717, 1.165) is 0 Å². The number of hydrogen-bond acceptors (Lipinski definition) is 2. The van der Waals surface area contributed by atoms with Crippen LogP contribution in [0, 0.1) is 11.7 Å². The van der Waals surface area contributed by atoms with Crippen LogP contribution in [-0.2, 0) is 0 Å². The van der Waals surface area contributed by atoms with E-state index in [9.17, 15) is 9.50 Å². The summed E-state index contributed by atoms with van der Waals surface area (Å²) >= 11 is 0. The summed E-state index contributed by atoms with van der Waals surface area (Å²) in [6.07, 6.45) is 0.0246. The van der Waals surface area contributed by atoms with E-state index in [-0.39, 0.29) is 5.75 Å². The van der Waals surface area contributed by atoms with Crippen LogP contribution < -0.4 is 4.74 Å². The predicted molar refractivity (Wildman–Crippen MR) is 68.7 cm³/mol. The van der Waals surface area contributed by atoms with E-state index in [1.54, 1.807) is 6.07 Å². The number of ether oxygens (including phenoxy) is 1. The molecule has 3 heteroatoms. The van der Waals surface area contributed by atoms with Crippen LogP contribution in [0.15, 0.2) is 18.2 Å². The first-order chi connectivity index (χ1) is 8.04. The van der Waals surface area contributed by atoms with Crippen molar-refractivity contribution in [2.75, 3.05) is 7.11 Å². The molecule has 0 spiro atoms. The Labute approximate surface area is 103 Å². The molecule has 0 aliphatic carbocycles. The van der Waals surface area contributed by atoms with Crippen LogP contribution in [0.4, 0.5) is 4.39 Å². The molecule has 0 fully saturated rings. The van der Waals surface area contributed by atoms with Crippen LogP contribution in [0.25, 0.3) is 0 Å². The molecule has 0 saturated carbocycles. The molecule has 1 aromatic rings. The third-order valence-corrected chi connectivity index (χ3v) is 2.26. The van der Waals surface area contributed by atoms with E-state index in [2.05, 4.69) is 0 Å². The van der Waals surface area contributed by atoms with Gasteiger partial charge >= 0.3 is 0 Å². The lowest BCUT2D eigenvalue weighted by atomic mass is 9.99. The van der Waals surface area contributed by atoms with E-state index in [0.29, 0.717) is 17.9 Å². The lowest BCUT2D eigenvalue weighted by Gasteiger charge is -2.14. The minimum absolute atomic E-state index is 0.204. The molecule has 98 valence electrons. The fourth-order valence-electron chi connectivity index (χ4n) is 1.47. The first-order valence-corrected chi connectivity index (χ1v) is 6.06. The average molecular weight is 242 g/mol. The molecule has 0 amide bonds. The fraction of sp³-hybridized carbons (Fsp3) is 0.571. The van der Waals surface area contributed by atoms with Crippen molar-refractivity contribution in [2.45, 2.75) is 40.2 Å². The summed E-state index contributed by atoms with van der Waals surface area (Å²) in [7, 11) is 1.42. The minimum Gasteiger partial charge on any atom is -0.494 e. The van der Waals surface area contributed by atoms with Gasteiger partial charge in [-0.3, -0.25) is 0 Å². The zero-order valence-corrected chi connectivity index (χ0v) is 11.3. The van der Waals surface area contributed by atoms with Gasteiger partial charge in [-0.15, -0.1) is 0 Å². The lowest BCUT2D eigenvalue weighted by molar-refractivity contribution is 0.150. The summed E-state index contributed by atoms with van der Waals surface area (Å²) in [6, 6.07) is 4.55. The standard InChI is InChI=1S/C12H17FO2.C2H6/c1-8(2)6-11(14)9-4-5-12(15-3)10(13)7-9;1-2/h4-5,7-8,11,14H,6H2,1-3H3;1-2H3. The van der Waals surface area contributed by atoms with Crippen LogP contribution in [0.3, 0.4) is 0 Å². The maximum Gasteiger partial charge on any atom is 0.165 e. The van der Waals surface area contributed by atoms with Crippen molar-refractivity contribution in [3.8, 4) is 5.75 Å². The van der Waals surface area contributed by atoms with Crippen molar-refractivity contribution in [1.82, 2.24) is 0 Å². The van der Waals surface area contributed by atoms with Gasteiger partial charge in [0.15, 0.2) is 11.6 Å². The van der Waals surface area contributed by atoms with Crippen LogP contribution in [0.1, 0.15) is 45.8 Å². The van der Waals surface area contributed by atoms with E-state index in [1.165, 1.54) is 19.2 Å². The largest absolute Gasteiger partial charge is 0.494 e. The zero-order valence-electron chi connectivity index (χ0n) is 11.3. The molecule has 2 nitrogen and oxygen atoms in total. The summed E-state index contributed by atoms with van der Waals surface area (Å²) in [5.74, 6) is 0.151. The minimum atomic E-state index is -0.606. The third kappa shape index (κ3) is 5.18. The van der Waals surface area contributed by atoms with Gasteiger partial charge in [-0.25, -0.2) is 4.39 Å². The van der Waals surface area contributed by atoms with Crippen LogP contribution in [0.2, 0.25) is 0 Å². The van der Waals surface area contributed by atoms with Crippen molar-refractivity contribution in [1.29, 1.82) is 0 Å². The molecule has 1 N–H and O–H groups in total. The molecule has 1 aromatic carbocycles. The predicted octanol–water partition coefficient (Wildman–Crippen LogP) is 3.94. The molecule has 1 atom stereocenters. The molecule has 0 bridgehead atoms. The highest BCUT2D eigenvalue weighted by Crippen LogP contribution is 2.25. The second kappa shape index (κ2) is 8.07. The highest BCUT2D eigenvalue weighted by Gasteiger charge is 2.12. The van der Waals surface area contributed by atoms with Gasteiger partial charge in [0.05, 0.1) is 13.2 Å². The molecule has 0 aromatic heterocycles. The van der Waals surface area contributed by atoms with Crippen molar-refractivity contribution in [3.63, 3.8) is 0 Å². The second-order valence-corrected chi connectivity index (χ2v) is 4.04. The first-order valence-electron chi connectivity index (χ1n) is 6.06. The monoisotopic (exact) mass is 242 g/mol. The smallest absolute Gasteiger partial charge is 0.165 e. The molecule has 0 heterocycles. The Morgan fingerprint density at radius 2 is 1.88 bits per heavy atom. The van der Waals surface area contributed by atoms with Crippen molar-refractivity contribution in [3.05, 3.63) is 29.6 Å². The van der Waals surface area contributed by atoms with Gasteiger partial charge in [0, 0.05) is 0 Å². The maximum atomic E-state index is 13.3. The summed E-state index contributed by atoms with van der Waals surface area (Å²) in [4.78, 5) is 0. The highest BCUT2D eigenvalue weighted by molar-refractivity contribution is 5.30. The molecule has 0 radical (unpaired) electrons. The van der Waals surface area contributed by atoms with Crippen LogP contribution in [-0.4, -0.2) is 12.2 Å². The Morgan fingerprint density at radius 3 is 2.29 bits per heavy atom. The summed E-state index contributed by atoms with van der Waals surface area (Å²) in [6.45, 7) is 8.03. The van der Waals surface area contributed by atoms with E-state index in [4.69, 9.17) is 4.74 Å². The van der Waals surface area contributed by atoms with Gasteiger partial charge in [0.1, 0.15) is 0 Å². The SMILES string of the molecule is CC.COc1ccc(C(O)CC(C)C)cc1F. The van der Waals surface area contributed by atoms with Gasteiger partial charge in [-0.2, -0.15) is 0 Å². The molecule has 0 saturated heterocycles. The molecular weight excluding hydrogens is 219 g/mol. The molecule has 1 rings (SSSR count). The lowest BCUT2D eigenvalue weighted by Crippen LogP contribution is -2.02. The highest BCUT2D eigenvalue weighted by atomic mass is 19.1. The molecule has 0 aliphatic heterocycles. The number of halogens is 1. The Kier molecular flexibility index (Phi) is 7.55. The zero-order chi connectivity index (χ0) is 13.4. The number of rotatable bonds is 4. The number of benzene rings is 1. The molecule has 1 unspecified atom stereocenters. The van der Waals surface area contributed by atoms with Gasteiger partial charge < -0.3 is 9.84 Å². The summed E-state index contributed by atoms with van der Waals surface area (Å²) < 4.78 is 18.1. The fourth-order valence-corrected chi connectivity index (χ4v) is 1.47. The van der Waals surface area contributed by atoms with Gasteiger partial charge in [0.25, 0.3) is 0 Å². The number of aliphatic hydroxyl groups excluding tert-OH is 1. The Balaban J connectivity index is 0.00000121. The van der Waals surface area contributed by atoms with E-state index >= 15 is 0 Å². The first kappa shape index (κ1) is 15.9. The number of aliphatic hydroxyl groups is 1. The van der Waals surface area contributed by atoms with E-state index in [1.807, 2.05) is 27.7 Å². The van der Waals surface area contributed by atoms with Crippen molar-refractivity contribution in [2.24, 2.45) is 5.92 Å². The molecular formula is C14H23FO2. The van der Waals surface area contributed by atoms with E-state index < -0.39 is 11.9 Å². The maximum absolute atomic E-state index is 13.3. The summed E-state index contributed by atoms with van der Waals surface area (Å²) in [5, 5.41) is 9.77. The Bertz CT molecular complexity index is 324.